The predicted octanol–water partition coefficient (Wildman–Crippen LogP) is 1.88. The number of carbonyl (C=O) groups excluding carboxylic acids is 1. The van der Waals surface area contributed by atoms with Gasteiger partial charge in [-0.3, -0.25) is 10.1 Å². The maximum Gasteiger partial charge on any atom is 0.241 e. The van der Waals surface area contributed by atoms with E-state index >= 15 is 0 Å². The van der Waals surface area contributed by atoms with Gasteiger partial charge in [0.05, 0.1) is 6.04 Å². The summed E-state index contributed by atoms with van der Waals surface area (Å²) in [5.41, 5.74) is 8.49. The minimum atomic E-state index is -0.723. The van der Waals surface area contributed by atoms with Gasteiger partial charge in [-0.25, -0.2) is 0 Å². The Hall–Kier alpha value is -1.81. The largest absolute Gasteiger partial charge is 0.378 e. The third-order valence-electron chi connectivity index (χ3n) is 4.16. The maximum atomic E-state index is 12.0. The molecule has 0 radical (unpaired) electrons. The number of carbonyl (C=O) groups is 1. The van der Waals surface area contributed by atoms with Gasteiger partial charge in [-0.05, 0) is 44.4 Å². The van der Waals surface area contributed by atoms with Crippen LogP contribution >= 0.6 is 0 Å². The number of fused-ring (bicyclic) bond motifs is 3. The summed E-state index contributed by atoms with van der Waals surface area (Å²) in [4.78, 5) is 12.0. The van der Waals surface area contributed by atoms with Crippen molar-refractivity contribution in [3.05, 3.63) is 35.9 Å². The van der Waals surface area contributed by atoms with Crippen molar-refractivity contribution in [2.45, 2.75) is 44.3 Å². The zero-order valence-corrected chi connectivity index (χ0v) is 11.9. The van der Waals surface area contributed by atoms with Gasteiger partial charge in [0.2, 0.25) is 5.91 Å². The van der Waals surface area contributed by atoms with Crippen molar-refractivity contribution < 1.29 is 4.79 Å². The minimum Gasteiger partial charge on any atom is -0.378 e. The highest BCUT2D eigenvalue weighted by Crippen LogP contribution is 2.42. The second-order valence-electron chi connectivity index (χ2n) is 6.02. The smallest absolute Gasteiger partial charge is 0.241 e. The average molecular weight is 271 g/mol. The monoisotopic (exact) mass is 271 g/mol. The molecular formula is C16H21N3O. The van der Waals surface area contributed by atoms with E-state index in [0.717, 1.165) is 18.5 Å². The van der Waals surface area contributed by atoms with Crippen LogP contribution in [0, 0.1) is 0 Å². The number of hydrogen-bond acceptors (Lipinski definition) is 3. The standard InChI is InChI=1S/C16H21N3O/c1-10(2)19-16(15(17)20)8-7-14-12(9-16)11-5-3-4-6-13(11)18-14/h3-6,9-10,14,18-19H,7-8H2,1-2H3,(H2,17,20). The summed E-state index contributed by atoms with van der Waals surface area (Å²) in [5, 5.41) is 6.88. The minimum absolute atomic E-state index is 0.209. The first-order valence-corrected chi connectivity index (χ1v) is 7.18. The number of hydrogen-bond donors (Lipinski definition) is 3. The van der Waals surface area contributed by atoms with Crippen LogP contribution in [0.4, 0.5) is 5.69 Å². The molecule has 1 aliphatic carbocycles. The number of para-hydroxylation sites is 1. The van der Waals surface area contributed by atoms with Crippen LogP contribution in [0.3, 0.4) is 0 Å². The molecule has 2 atom stereocenters. The van der Waals surface area contributed by atoms with E-state index in [1.54, 1.807) is 0 Å². The third kappa shape index (κ3) is 2.00. The molecule has 0 saturated carbocycles. The second-order valence-corrected chi connectivity index (χ2v) is 6.02. The molecule has 4 nitrogen and oxygen atoms in total. The van der Waals surface area contributed by atoms with Gasteiger partial charge in [0.15, 0.2) is 0 Å². The first kappa shape index (κ1) is 13.2. The van der Waals surface area contributed by atoms with E-state index < -0.39 is 5.54 Å². The number of rotatable bonds is 3. The normalized spacial score (nSPS) is 27.6. The van der Waals surface area contributed by atoms with Gasteiger partial charge in [-0.15, -0.1) is 0 Å². The van der Waals surface area contributed by atoms with Gasteiger partial charge in [0, 0.05) is 17.3 Å². The molecule has 0 fully saturated rings. The van der Waals surface area contributed by atoms with Crippen molar-refractivity contribution in [1.29, 1.82) is 0 Å². The zero-order chi connectivity index (χ0) is 14.3. The van der Waals surface area contributed by atoms with Crippen LogP contribution in [0.25, 0.3) is 5.57 Å². The highest BCUT2D eigenvalue weighted by molar-refractivity contribution is 5.95. The Morgan fingerprint density at radius 1 is 1.45 bits per heavy atom. The maximum absolute atomic E-state index is 12.0. The number of nitrogens with one attached hydrogen (secondary N) is 2. The van der Waals surface area contributed by atoms with E-state index in [1.165, 1.54) is 11.1 Å². The molecule has 2 unspecified atom stereocenters. The van der Waals surface area contributed by atoms with E-state index in [0.29, 0.717) is 6.04 Å². The first-order chi connectivity index (χ1) is 9.52. The van der Waals surface area contributed by atoms with E-state index in [4.69, 9.17) is 5.73 Å². The SMILES string of the molecule is CC(C)NC1(C(N)=O)C=C2c3ccccc3NC2CC1. The van der Waals surface area contributed by atoms with Crippen molar-refractivity contribution in [3.8, 4) is 0 Å². The molecule has 1 aliphatic heterocycles. The van der Waals surface area contributed by atoms with Crippen molar-refractivity contribution in [3.63, 3.8) is 0 Å². The van der Waals surface area contributed by atoms with E-state index in [-0.39, 0.29) is 11.9 Å². The van der Waals surface area contributed by atoms with Crippen molar-refractivity contribution in [1.82, 2.24) is 5.32 Å². The summed E-state index contributed by atoms with van der Waals surface area (Å²) in [6, 6.07) is 8.74. The molecule has 1 aromatic carbocycles. The summed E-state index contributed by atoms with van der Waals surface area (Å²) in [6.07, 6.45) is 3.68. The lowest BCUT2D eigenvalue weighted by Gasteiger charge is -2.36. The Balaban J connectivity index is 2.05. The highest BCUT2D eigenvalue weighted by Gasteiger charge is 2.42. The van der Waals surface area contributed by atoms with Gasteiger partial charge in [0.1, 0.15) is 5.54 Å². The lowest BCUT2D eigenvalue weighted by molar-refractivity contribution is -0.123. The molecule has 3 rings (SSSR count). The third-order valence-corrected chi connectivity index (χ3v) is 4.16. The van der Waals surface area contributed by atoms with Crippen LogP contribution in [0.2, 0.25) is 0 Å². The lowest BCUT2D eigenvalue weighted by atomic mass is 9.79. The van der Waals surface area contributed by atoms with Crippen molar-refractivity contribution in [2.24, 2.45) is 5.73 Å². The summed E-state index contributed by atoms with van der Waals surface area (Å²) >= 11 is 0. The molecule has 0 spiro atoms. The Kier molecular flexibility index (Phi) is 3.05. The molecular weight excluding hydrogens is 250 g/mol. The molecule has 4 heteroatoms. The van der Waals surface area contributed by atoms with Gasteiger partial charge < -0.3 is 11.1 Å². The van der Waals surface area contributed by atoms with Crippen LogP contribution < -0.4 is 16.4 Å². The number of amides is 1. The van der Waals surface area contributed by atoms with Crippen molar-refractivity contribution >= 4 is 17.2 Å². The molecule has 0 saturated heterocycles. The van der Waals surface area contributed by atoms with Crippen LogP contribution in [0.15, 0.2) is 30.3 Å². The van der Waals surface area contributed by atoms with Crippen LogP contribution in [0.5, 0.6) is 0 Å². The van der Waals surface area contributed by atoms with Crippen LogP contribution in [0.1, 0.15) is 32.3 Å². The van der Waals surface area contributed by atoms with Crippen LogP contribution in [-0.2, 0) is 4.79 Å². The topological polar surface area (TPSA) is 67.1 Å². The van der Waals surface area contributed by atoms with Crippen molar-refractivity contribution in [2.75, 3.05) is 5.32 Å². The molecule has 1 aromatic rings. The van der Waals surface area contributed by atoms with Gasteiger partial charge in [0.25, 0.3) is 0 Å². The fourth-order valence-electron chi connectivity index (χ4n) is 3.32. The fraction of sp³-hybridized carbons (Fsp3) is 0.438. The fourth-order valence-corrected chi connectivity index (χ4v) is 3.32. The summed E-state index contributed by atoms with van der Waals surface area (Å²) in [7, 11) is 0. The molecule has 4 N–H and O–H groups in total. The van der Waals surface area contributed by atoms with E-state index in [2.05, 4.69) is 22.8 Å². The Morgan fingerprint density at radius 3 is 2.90 bits per heavy atom. The zero-order valence-electron chi connectivity index (χ0n) is 11.9. The van der Waals surface area contributed by atoms with Gasteiger partial charge in [-0.2, -0.15) is 0 Å². The average Bonchev–Trinajstić information content (AvgIpc) is 2.76. The van der Waals surface area contributed by atoms with E-state index in [1.807, 2.05) is 32.1 Å². The Morgan fingerprint density at radius 2 is 2.20 bits per heavy atom. The summed E-state index contributed by atoms with van der Waals surface area (Å²) in [5.74, 6) is -0.290. The first-order valence-electron chi connectivity index (χ1n) is 7.18. The highest BCUT2D eigenvalue weighted by atomic mass is 16.1. The van der Waals surface area contributed by atoms with Crippen LogP contribution in [-0.4, -0.2) is 23.5 Å². The van der Waals surface area contributed by atoms with E-state index in [9.17, 15) is 4.79 Å². The number of nitrogens with two attached hydrogens (primary N) is 1. The summed E-state index contributed by atoms with van der Waals surface area (Å²) < 4.78 is 0. The quantitative estimate of drug-likeness (QED) is 0.786. The Labute approximate surface area is 119 Å². The summed E-state index contributed by atoms with van der Waals surface area (Å²) in [6.45, 7) is 4.08. The molecule has 0 aromatic heterocycles. The lowest BCUT2D eigenvalue weighted by Crippen LogP contribution is -2.58. The molecule has 2 aliphatic rings. The molecule has 0 bridgehead atoms. The molecule has 106 valence electrons. The molecule has 1 amide bonds. The molecule has 20 heavy (non-hydrogen) atoms. The van der Waals surface area contributed by atoms with Gasteiger partial charge >= 0.3 is 0 Å². The second kappa shape index (κ2) is 4.63. The number of primary amides is 1. The number of anilines is 1. The van der Waals surface area contributed by atoms with Gasteiger partial charge in [-0.1, -0.05) is 18.2 Å². The molecule has 1 heterocycles. The number of benzene rings is 1. The Bertz CT molecular complexity index is 579. The predicted molar refractivity (Wildman–Crippen MR) is 81.3 cm³/mol.